The molecule has 0 amide bonds. The van der Waals surface area contributed by atoms with Gasteiger partial charge in [0.25, 0.3) is 0 Å². The number of hydrogen-bond acceptors (Lipinski definition) is 32. The van der Waals surface area contributed by atoms with Crippen molar-refractivity contribution >= 4 is 5.97 Å². The molecule has 6 aliphatic heterocycles. The van der Waals surface area contributed by atoms with Gasteiger partial charge >= 0.3 is 5.97 Å². The van der Waals surface area contributed by atoms with E-state index in [0.717, 1.165) is 12.0 Å². The topological polar surface area (TPSA) is 512 Å². The van der Waals surface area contributed by atoms with E-state index in [9.17, 15) is 97.0 Å². The maximum Gasteiger partial charge on any atom is 0.315 e. The average Bonchev–Trinajstić information content (AvgIpc) is 0.675. The molecule has 38 atom stereocenters. The quantitative estimate of drug-likeness (QED) is 0.0366. The average molecular weight is 1400 g/mol. The molecule has 4 saturated carbocycles. The Kier molecular flexibility index (Phi) is 22.6. The van der Waals surface area contributed by atoms with E-state index in [-0.39, 0.29) is 35.2 Å². The first kappa shape index (κ1) is 76.1. The third-order valence-electron chi connectivity index (χ3n) is 25.3. The number of fused-ring (bicyclic) bond motifs is 7. The summed E-state index contributed by atoms with van der Waals surface area (Å²) in [6, 6.07) is 0. The predicted octanol–water partition coefficient (Wildman–Crippen LogP) is -5.75. The van der Waals surface area contributed by atoms with E-state index in [2.05, 4.69) is 40.7 Å². The van der Waals surface area contributed by atoms with Gasteiger partial charge in [-0.1, -0.05) is 53.2 Å². The highest BCUT2D eigenvalue weighted by Gasteiger charge is 2.71. The van der Waals surface area contributed by atoms with Gasteiger partial charge in [-0.25, -0.2) is 0 Å². The highest BCUT2D eigenvalue weighted by Crippen LogP contribution is 2.76. The summed E-state index contributed by atoms with van der Waals surface area (Å²) in [4.78, 5) is 15.2. The van der Waals surface area contributed by atoms with E-state index in [0.29, 0.717) is 57.8 Å². The van der Waals surface area contributed by atoms with Gasteiger partial charge in [0.05, 0.1) is 57.3 Å². The largest absolute Gasteiger partial charge is 0.432 e. The van der Waals surface area contributed by atoms with Crippen LogP contribution in [0.5, 0.6) is 0 Å². The Morgan fingerprint density at radius 1 is 0.495 bits per heavy atom. The zero-order chi connectivity index (χ0) is 70.7. The van der Waals surface area contributed by atoms with Gasteiger partial charge in [0.15, 0.2) is 31.5 Å². The molecule has 0 bridgehead atoms. The second-order valence-corrected chi connectivity index (χ2v) is 31.3. The van der Waals surface area contributed by atoms with Gasteiger partial charge in [0.1, 0.15) is 134 Å². The monoisotopic (exact) mass is 1400 g/mol. The van der Waals surface area contributed by atoms with Gasteiger partial charge in [-0.15, -0.1) is 0 Å². The number of rotatable bonds is 17. The number of allylic oxidation sites excluding steroid dienone is 2. The molecule has 11 rings (SSSR count). The predicted molar refractivity (Wildman–Crippen MR) is 322 cm³/mol. The van der Waals surface area contributed by atoms with E-state index in [1.54, 1.807) is 0 Å². The standard InChI is InChI=1S/C65H106O32/c1-25-36(71)51(95-55-48(83)44(79)50(31(21-68)91-55)94-54-46(81)42(77)39(74)30(20-67)90-54)49(84)57(88-25)96-52-37(72)28(70)22-86-58(52)93-35-11-12-61(4)33(62(35,5)24-69)10-13-64(7)34(61)9-8-26-27-18-60(2,3)14-16-65(27,17-15-63(26,64)6)59(85)97-56-47(82)43(78)40(75)32(92-56)23-87-53-45(80)41(76)38(73)29(19-66)89-53/h8,25,27-58,66-84H,9-24H2,1-7H3/t25?,27?,28?,29?,30?,31?,32?,33?,34?,35?,36?,37?,38?,39?,40?,41?,42?,43?,44?,45?,46?,47?,48?,49?,50?,51?,52?,53?,54?,55?,56?,57?,58?,61-,62-,63+,64+,65-/m0/s1. The number of carbonyl (C=O) groups excluding carboxylic acids is 1. The second kappa shape index (κ2) is 28.8. The van der Waals surface area contributed by atoms with Crippen LogP contribution in [0.15, 0.2) is 11.6 Å². The molecule has 0 aromatic carbocycles. The van der Waals surface area contributed by atoms with Gasteiger partial charge in [-0.2, -0.15) is 0 Å². The van der Waals surface area contributed by atoms with E-state index in [1.807, 2.05) is 6.92 Å². The maximum atomic E-state index is 15.2. The third kappa shape index (κ3) is 13.2. The normalized spacial score (nSPS) is 54.7. The summed E-state index contributed by atoms with van der Waals surface area (Å²) in [7, 11) is 0. The zero-order valence-corrected chi connectivity index (χ0v) is 55.7. The Hall–Kier alpha value is -1.99. The van der Waals surface area contributed by atoms with Crippen molar-refractivity contribution in [3.63, 3.8) is 0 Å². The van der Waals surface area contributed by atoms with E-state index in [1.165, 1.54) is 6.92 Å². The van der Waals surface area contributed by atoms with Crippen LogP contribution < -0.4 is 0 Å². The summed E-state index contributed by atoms with van der Waals surface area (Å²) in [5, 5.41) is 206. The van der Waals surface area contributed by atoms with Crippen LogP contribution in [0.3, 0.4) is 0 Å². The van der Waals surface area contributed by atoms with Gasteiger partial charge in [0.2, 0.25) is 6.29 Å². The van der Waals surface area contributed by atoms with Crippen LogP contribution in [-0.4, -0.2) is 327 Å². The molecule has 6 saturated heterocycles. The first-order valence-corrected chi connectivity index (χ1v) is 34.3. The summed E-state index contributed by atoms with van der Waals surface area (Å²) in [6.45, 7) is 10.9. The van der Waals surface area contributed by atoms with Crippen LogP contribution in [0.4, 0.5) is 0 Å². The van der Waals surface area contributed by atoms with Crippen molar-refractivity contribution < 1.29 is 159 Å². The van der Waals surface area contributed by atoms with Crippen LogP contribution >= 0.6 is 0 Å². The zero-order valence-electron chi connectivity index (χ0n) is 55.7. The first-order valence-electron chi connectivity index (χ1n) is 34.3. The summed E-state index contributed by atoms with van der Waals surface area (Å²) in [6.07, 6.45) is -42.2. The molecule has 19 N–H and O–H groups in total. The molecule has 0 aromatic heterocycles. The number of aliphatic hydroxyl groups is 19. The minimum atomic E-state index is -2.06. The lowest BCUT2D eigenvalue weighted by Gasteiger charge is -2.71. The third-order valence-corrected chi connectivity index (χ3v) is 25.3. The van der Waals surface area contributed by atoms with Gasteiger partial charge in [-0.3, -0.25) is 4.79 Å². The van der Waals surface area contributed by atoms with Crippen LogP contribution in [0, 0.1) is 50.2 Å². The van der Waals surface area contributed by atoms with E-state index in [4.69, 9.17) is 56.8 Å². The van der Waals surface area contributed by atoms with Crippen molar-refractivity contribution in [3.05, 3.63) is 11.6 Å². The molecular formula is C65H106O32. The molecule has 0 aromatic rings. The van der Waals surface area contributed by atoms with Gasteiger partial charge < -0.3 is 154 Å². The Balaban J connectivity index is 0.772. The fraction of sp³-hybridized carbons (Fsp3) is 0.954. The minimum absolute atomic E-state index is 0.0526. The van der Waals surface area contributed by atoms with Gasteiger partial charge in [0, 0.05) is 5.41 Å². The molecule has 32 nitrogen and oxygen atoms in total. The van der Waals surface area contributed by atoms with Crippen LogP contribution in [0.25, 0.3) is 0 Å². The maximum absolute atomic E-state index is 15.2. The van der Waals surface area contributed by atoms with Crippen molar-refractivity contribution in [2.24, 2.45) is 50.2 Å². The lowest BCUT2D eigenvalue weighted by atomic mass is 9.33. The highest BCUT2D eigenvalue weighted by atomic mass is 16.8. The van der Waals surface area contributed by atoms with Gasteiger partial charge in [-0.05, 0) is 111 Å². The molecule has 32 heteroatoms. The SMILES string of the molecule is CC1OC(OC2C(OC3CC[C@@]4(C)C(CC[C@]5(C)C4CC=C4C6CC(C)(C)CC[C@]6(C(=O)OC6OC(COC7OC(CO)C(O)C(O)C7O)C(O)C(O)C6O)CC[C@]45C)[C@]3(C)CO)OCC(O)C2O)C(O)C(OC2OC(CO)C(OC3OC(CO)C(O)C(O)C3O)C(O)C2O)C1O. The Morgan fingerprint density at radius 2 is 1.03 bits per heavy atom. The molecular weight excluding hydrogens is 1290 g/mol. The first-order chi connectivity index (χ1) is 45.6. The number of aliphatic hydroxyl groups excluding tert-OH is 19. The number of hydrogen-bond donors (Lipinski definition) is 19. The second-order valence-electron chi connectivity index (χ2n) is 31.3. The van der Waals surface area contributed by atoms with Crippen LogP contribution in [0.1, 0.15) is 113 Å². The summed E-state index contributed by atoms with van der Waals surface area (Å²) in [5.41, 5.74) is -2.30. The molecule has 0 radical (unpaired) electrons. The van der Waals surface area contributed by atoms with Crippen molar-refractivity contribution in [2.45, 2.75) is 297 Å². The molecule has 6 heterocycles. The molecule has 5 aliphatic carbocycles. The Bertz CT molecular complexity index is 2710. The fourth-order valence-corrected chi connectivity index (χ4v) is 19.0. The van der Waals surface area contributed by atoms with Crippen molar-refractivity contribution in [1.29, 1.82) is 0 Å². The van der Waals surface area contributed by atoms with Crippen LogP contribution in [-0.2, 0) is 61.6 Å². The lowest BCUT2D eigenvalue weighted by Crippen LogP contribution is -2.67. The number of carbonyl (C=O) groups is 1. The minimum Gasteiger partial charge on any atom is -0.432 e. The summed E-state index contributed by atoms with van der Waals surface area (Å²) < 4.78 is 71.2. The molecule has 0 spiro atoms. The van der Waals surface area contributed by atoms with E-state index < -0.39 is 245 Å². The van der Waals surface area contributed by atoms with Crippen molar-refractivity contribution in [3.8, 4) is 0 Å². The number of esters is 1. The highest BCUT2D eigenvalue weighted by molar-refractivity contribution is 5.79. The summed E-state index contributed by atoms with van der Waals surface area (Å²) in [5.74, 6) is -1.05. The number of ether oxygens (including phenoxy) is 12. The fourth-order valence-electron chi connectivity index (χ4n) is 19.0. The molecule has 11 aliphatic rings. The molecule has 558 valence electrons. The molecule has 97 heavy (non-hydrogen) atoms. The van der Waals surface area contributed by atoms with Crippen molar-refractivity contribution in [2.75, 3.05) is 39.6 Å². The lowest BCUT2D eigenvalue weighted by molar-refractivity contribution is -0.390. The Morgan fingerprint density at radius 3 is 1.66 bits per heavy atom. The Labute approximate surface area is 561 Å². The van der Waals surface area contributed by atoms with Crippen LogP contribution in [0.2, 0.25) is 0 Å². The molecule has 10 fully saturated rings. The smallest absolute Gasteiger partial charge is 0.315 e. The van der Waals surface area contributed by atoms with Crippen molar-refractivity contribution in [1.82, 2.24) is 0 Å². The summed E-state index contributed by atoms with van der Waals surface area (Å²) >= 11 is 0. The van der Waals surface area contributed by atoms with E-state index >= 15 is 4.79 Å². The molecule has 33 unspecified atom stereocenters.